The van der Waals surface area contributed by atoms with Crippen molar-refractivity contribution in [3.63, 3.8) is 0 Å². The molecular formula is C24H37N3O6. The Balaban J connectivity index is 2.95. The van der Waals surface area contributed by atoms with Crippen LogP contribution in [-0.2, 0) is 30.3 Å². The molecule has 0 aromatic heterocycles. The number of rotatable bonds is 15. The zero-order chi connectivity index (χ0) is 24.6. The average Bonchev–Trinajstić information content (AvgIpc) is 2.78. The Bertz CT molecular complexity index is 754. The summed E-state index contributed by atoms with van der Waals surface area (Å²) in [5.74, 6) is -1.94. The van der Waals surface area contributed by atoms with Crippen LogP contribution in [0.5, 0.6) is 0 Å². The molecule has 0 bridgehead atoms. The molecule has 0 heterocycles. The lowest BCUT2D eigenvalue weighted by Crippen LogP contribution is -2.55. The van der Waals surface area contributed by atoms with Gasteiger partial charge in [0.1, 0.15) is 18.7 Å². The number of alkyl carbamates (subject to hydrolysis) is 1. The smallest absolute Gasteiger partial charge is 0.407 e. The molecule has 33 heavy (non-hydrogen) atoms. The summed E-state index contributed by atoms with van der Waals surface area (Å²) in [5.41, 5.74) is 0.796. The maximum atomic E-state index is 13.0. The van der Waals surface area contributed by atoms with Crippen LogP contribution in [0.1, 0.15) is 45.6 Å². The number of unbranched alkanes of at least 4 members (excludes halogenated alkanes) is 1. The number of amides is 3. The number of benzene rings is 1. The third-order valence-electron chi connectivity index (χ3n) is 4.79. The number of Topliss-reactive ketones (excluding diaryl/α,β-unsaturated/α-hetero) is 1. The second-order valence-corrected chi connectivity index (χ2v) is 8.18. The molecule has 2 unspecified atom stereocenters. The summed E-state index contributed by atoms with van der Waals surface area (Å²) in [4.78, 5) is 50.4. The molecule has 0 spiro atoms. The third-order valence-corrected chi connectivity index (χ3v) is 4.79. The highest BCUT2D eigenvalue weighted by molar-refractivity contribution is 6.38. The molecule has 9 nitrogen and oxygen atoms in total. The van der Waals surface area contributed by atoms with Crippen molar-refractivity contribution in [2.45, 2.75) is 58.5 Å². The van der Waals surface area contributed by atoms with Gasteiger partial charge in [0.15, 0.2) is 0 Å². The van der Waals surface area contributed by atoms with Gasteiger partial charge in [-0.1, -0.05) is 57.5 Å². The molecule has 0 saturated heterocycles. The Hall–Kier alpha value is -2.94. The first-order chi connectivity index (χ1) is 15.8. The van der Waals surface area contributed by atoms with Crippen LogP contribution < -0.4 is 16.0 Å². The van der Waals surface area contributed by atoms with Gasteiger partial charge in [-0.3, -0.25) is 14.4 Å². The van der Waals surface area contributed by atoms with Crippen molar-refractivity contribution >= 4 is 23.7 Å². The summed E-state index contributed by atoms with van der Waals surface area (Å²) in [6.07, 6.45) is 1.36. The molecule has 2 atom stereocenters. The second kappa shape index (κ2) is 15.8. The fraction of sp³-hybridized carbons (Fsp3) is 0.583. The van der Waals surface area contributed by atoms with Crippen LogP contribution in [-0.4, -0.2) is 62.6 Å². The topological polar surface area (TPSA) is 123 Å². The normalized spacial score (nSPS) is 12.5. The summed E-state index contributed by atoms with van der Waals surface area (Å²) in [5, 5.41) is 7.82. The van der Waals surface area contributed by atoms with E-state index in [1.54, 1.807) is 0 Å². The lowest BCUT2D eigenvalue weighted by Gasteiger charge is -2.23. The number of nitrogens with one attached hydrogen (secondary N) is 3. The Kier molecular flexibility index (Phi) is 13.4. The van der Waals surface area contributed by atoms with Crippen molar-refractivity contribution in [1.29, 1.82) is 0 Å². The highest BCUT2D eigenvalue weighted by atomic mass is 16.6. The maximum absolute atomic E-state index is 13.0. The van der Waals surface area contributed by atoms with Gasteiger partial charge in [-0.05, 0) is 24.3 Å². The minimum Gasteiger partial charge on any atom is -0.447 e. The van der Waals surface area contributed by atoms with Crippen molar-refractivity contribution in [3.8, 4) is 0 Å². The molecule has 0 radical (unpaired) electrons. The Morgan fingerprint density at radius 1 is 0.970 bits per heavy atom. The van der Waals surface area contributed by atoms with E-state index in [9.17, 15) is 19.2 Å². The summed E-state index contributed by atoms with van der Waals surface area (Å²) >= 11 is 0. The summed E-state index contributed by atoms with van der Waals surface area (Å²) in [6.45, 7) is 6.46. The van der Waals surface area contributed by atoms with E-state index in [1.165, 1.54) is 7.11 Å². The van der Waals surface area contributed by atoms with E-state index in [4.69, 9.17) is 9.47 Å². The standard InChI is InChI=1S/C24H37N3O6/c1-5-6-12-25-23(30)21(28)19(16-18-10-8-7-9-11-18)26-22(29)20(15-17(2)3)27-24(31)33-14-13-32-4/h7-11,17,19-20H,5-6,12-16H2,1-4H3,(H,25,30)(H,26,29)(H,27,31). The Morgan fingerprint density at radius 2 is 1.67 bits per heavy atom. The number of hydrogen-bond donors (Lipinski definition) is 3. The van der Waals surface area contributed by atoms with Crippen molar-refractivity contribution in [1.82, 2.24) is 16.0 Å². The van der Waals surface area contributed by atoms with E-state index in [1.807, 2.05) is 51.1 Å². The zero-order valence-corrected chi connectivity index (χ0v) is 20.0. The van der Waals surface area contributed by atoms with Gasteiger partial charge in [0.2, 0.25) is 11.7 Å². The van der Waals surface area contributed by atoms with Crippen molar-refractivity contribution in [2.75, 3.05) is 26.9 Å². The molecular weight excluding hydrogens is 426 g/mol. The van der Waals surface area contributed by atoms with Gasteiger partial charge in [-0.25, -0.2) is 4.79 Å². The summed E-state index contributed by atoms with van der Waals surface area (Å²) in [7, 11) is 1.48. The van der Waals surface area contributed by atoms with E-state index >= 15 is 0 Å². The molecule has 0 aliphatic carbocycles. The lowest BCUT2D eigenvalue weighted by molar-refractivity contribution is -0.140. The third kappa shape index (κ3) is 11.5. The summed E-state index contributed by atoms with van der Waals surface area (Å²) in [6, 6.07) is 7.13. The first-order valence-electron chi connectivity index (χ1n) is 11.4. The lowest BCUT2D eigenvalue weighted by atomic mass is 9.99. The van der Waals surface area contributed by atoms with E-state index in [0.717, 1.165) is 18.4 Å². The van der Waals surface area contributed by atoms with Crippen LogP contribution in [0.3, 0.4) is 0 Å². The predicted octanol–water partition coefficient (Wildman–Crippen LogP) is 1.99. The van der Waals surface area contributed by atoms with Crippen LogP contribution in [0.15, 0.2) is 30.3 Å². The molecule has 3 amide bonds. The van der Waals surface area contributed by atoms with Crippen LogP contribution in [0.2, 0.25) is 0 Å². The number of ether oxygens (including phenoxy) is 2. The van der Waals surface area contributed by atoms with Crippen LogP contribution in [0.4, 0.5) is 4.79 Å². The van der Waals surface area contributed by atoms with E-state index in [-0.39, 0.29) is 25.6 Å². The van der Waals surface area contributed by atoms with Crippen LogP contribution in [0, 0.1) is 5.92 Å². The van der Waals surface area contributed by atoms with Gasteiger partial charge >= 0.3 is 6.09 Å². The number of ketones is 1. The molecule has 0 saturated carbocycles. The van der Waals surface area contributed by atoms with E-state index in [0.29, 0.717) is 13.0 Å². The quantitative estimate of drug-likeness (QED) is 0.270. The molecule has 184 valence electrons. The van der Waals surface area contributed by atoms with Crippen molar-refractivity contribution in [2.24, 2.45) is 5.92 Å². The first kappa shape index (κ1) is 28.1. The van der Waals surface area contributed by atoms with Crippen LogP contribution >= 0.6 is 0 Å². The fourth-order valence-corrected chi connectivity index (χ4v) is 3.06. The van der Waals surface area contributed by atoms with Gasteiger partial charge in [0.25, 0.3) is 5.91 Å². The minimum absolute atomic E-state index is 0.0470. The number of methoxy groups -OCH3 is 1. The molecule has 9 heteroatoms. The van der Waals surface area contributed by atoms with E-state index in [2.05, 4.69) is 16.0 Å². The fourth-order valence-electron chi connectivity index (χ4n) is 3.06. The first-order valence-corrected chi connectivity index (χ1v) is 11.4. The molecule has 0 aliphatic rings. The number of carbonyl (C=O) groups is 4. The summed E-state index contributed by atoms with van der Waals surface area (Å²) < 4.78 is 9.84. The number of carbonyl (C=O) groups excluding carboxylic acids is 4. The molecule has 0 aliphatic heterocycles. The Morgan fingerprint density at radius 3 is 2.27 bits per heavy atom. The highest BCUT2D eigenvalue weighted by Crippen LogP contribution is 2.09. The van der Waals surface area contributed by atoms with E-state index < -0.39 is 35.8 Å². The van der Waals surface area contributed by atoms with Gasteiger partial charge in [-0.15, -0.1) is 0 Å². The van der Waals surface area contributed by atoms with Gasteiger partial charge < -0.3 is 25.4 Å². The van der Waals surface area contributed by atoms with Crippen molar-refractivity contribution in [3.05, 3.63) is 35.9 Å². The van der Waals surface area contributed by atoms with Gasteiger partial charge in [-0.2, -0.15) is 0 Å². The molecule has 1 aromatic carbocycles. The highest BCUT2D eigenvalue weighted by Gasteiger charge is 2.30. The molecule has 1 aromatic rings. The number of hydrogen-bond acceptors (Lipinski definition) is 6. The maximum Gasteiger partial charge on any atom is 0.407 e. The van der Waals surface area contributed by atoms with Gasteiger partial charge in [0.05, 0.1) is 6.61 Å². The zero-order valence-electron chi connectivity index (χ0n) is 20.0. The monoisotopic (exact) mass is 463 g/mol. The van der Waals surface area contributed by atoms with Crippen LogP contribution in [0.25, 0.3) is 0 Å². The Labute approximate surface area is 196 Å². The second-order valence-electron chi connectivity index (χ2n) is 8.18. The molecule has 0 fully saturated rings. The predicted molar refractivity (Wildman–Crippen MR) is 125 cm³/mol. The van der Waals surface area contributed by atoms with Gasteiger partial charge in [0, 0.05) is 20.1 Å². The van der Waals surface area contributed by atoms with Crippen molar-refractivity contribution < 1.29 is 28.7 Å². The largest absolute Gasteiger partial charge is 0.447 e. The molecule has 3 N–H and O–H groups in total. The minimum atomic E-state index is -1.07. The molecule has 1 rings (SSSR count). The average molecular weight is 464 g/mol. The SMILES string of the molecule is CCCCNC(=O)C(=O)C(Cc1ccccc1)NC(=O)C(CC(C)C)NC(=O)OCCOC.